The van der Waals surface area contributed by atoms with Gasteiger partial charge in [-0.2, -0.15) is 4.68 Å². The van der Waals surface area contributed by atoms with E-state index in [1.165, 1.54) is 0 Å². The molecule has 1 aliphatic heterocycles. The van der Waals surface area contributed by atoms with Gasteiger partial charge in [0, 0.05) is 18.1 Å². The number of rotatable bonds is 5. The average Bonchev–Trinajstić information content (AvgIpc) is 3.16. The van der Waals surface area contributed by atoms with Crippen molar-refractivity contribution in [1.82, 2.24) is 20.2 Å². The van der Waals surface area contributed by atoms with Gasteiger partial charge in [0.2, 0.25) is 0 Å². The number of nitrogens with zero attached hydrogens (tertiary/aromatic N) is 5. The predicted molar refractivity (Wildman–Crippen MR) is 101 cm³/mol. The summed E-state index contributed by atoms with van der Waals surface area (Å²) < 4.78 is 7.18. The molecule has 0 amide bonds. The van der Waals surface area contributed by atoms with E-state index in [4.69, 9.17) is 16.3 Å². The van der Waals surface area contributed by atoms with E-state index in [9.17, 15) is 0 Å². The fraction of sp³-hybridized carbons (Fsp3) is 0.278. The number of hydrogen-bond acceptors (Lipinski definition) is 6. The third-order valence-corrected chi connectivity index (χ3v) is 4.52. The van der Waals surface area contributed by atoms with Crippen LogP contribution >= 0.6 is 11.6 Å². The van der Waals surface area contributed by atoms with Crippen molar-refractivity contribution in [3.05, 3.63) is 59.4 Å². The average molecular weight is 371 g/mol. The van der Waals surface area contributed by atoms with Gasteiger partial charge in [-0.1, -0.05) is 29.8 Å². The quantitative estimate of drug-likeness (QED) is 0.744. The molecule has 8 heteroatoms. The molecule has 1 saturated heterocycles. The largest absolute Gasteiger partial charge is 0.378 e. The Balaban J connectivity index is 1.55. The monoisotopic (exact) mass is 370 g/mol. The van der Waals surface area contributed by atoms with Gasteiger partial charge in [0.25, 0.3) is 0 Å². The zero-order valence-electron chi connectivity index (χ0n) is 14.2. The van der Waals surface area contributed by atoms with E-state index in [0.29, 0.717) is 11.6 Å². The van der Waals surface area contributed by atoms with E-state index in [-0.39, 0.29) is 0 Å². The topological polar surface area (TPSA) is 68.1 Å². The highest BCUT2D eigenvalue weighted by Crippen LogP contribution is 2.30. The van der Waals surface area contributed by atoms with Gasteiger partial charge >= 0.3 is 0 Å². The third kappa shape index (κ3) is 3.63. The van der Waals surface area contributed by atoms with Crippen LogP contribution in [0.4, 0.5) is 11.4 Å². The van der Waals surface area contributed by atoms with Crippen LogP contribution in [0.1, 0.15) is 5.82 Å². The van der Waals surface area contributed by atoms with Crippen molar-refractivity contribution in [2.45, 2.75) is 6.54 Å². The molecular weight excluding hydrogens is 352 g/mol. The Bertz CT molecular complexity index is 863. The zero-order chi connectivity index (χ0) is 17.8. The van der Waals surface area contributed by atoms with Crippen molar-refractivity contribution in [2.75, 3.05) is 36.5 Å². The minimum absolute atomic E-state index is 0.486. The standard InChI is InChI=1S/C18H19ClN6O/c19-14-6-7-17(24-8-10-26-11-9-24)16(12-14)20-13-18-21-22-23-25(18)15-4-2-1-3-5-15/h1-7,12,20H,8-11,13H2. The van der Waals surface area contributed by atoms with Crippen molar-refractivity contribution in [2.24, 2.45) is 0 Å². The number of ether oxygens (including phenoxy) is 1. The number of halogens is 1. The van der Waals surface area contributed by atoms with Crippen molar-refractivity contribution in [3.8, 4) is 5.69 Å². The minimum atomic E-state index is 0.486. The summed E-state index contributed by atoms with van der Waals surface area (Å²) in [4.78, 5) is 2.29. The van der Waals surface area contributed by atoms with E-state index < -0.39 is 0 Å². The first-order valence-electron chi connectivity index (χ1n) is 8.50. The number of nitrogens with one attached hydrogen (secondary N) is 1. The molecule has 4 rings (SSSR count). The number of morpholine rings is 1. The summed E-state index contributed by atoms with van der Waals surface area (Å²) in [6, 6.07) is 15.7. The normalized spacial score (nSPS) is 14.4. The summed E-state index contributed by atoms with van der Waals surface area (Å²) in [6.45, 7) is 3.67. The number of hydrogen-bond donors (Lipinski definition) is 1. The molecule has 0 spiro atoms. The van der Waals surface area contributed by atoms with Crippen LogP contribution in [0.5, 0.6) is 0 Å². The lowest BCUT2D eigenvalue weighted by Gasteiger charge is -2.30. The van der Waals surface area contributed by atoms with E-state index in [0.717, 1.165) is 49.2 Å². The van der Waals surface area contributed by atoms with Crippen LogP contribution in [-0.4, -0.2) is 46.5 Å². The van der Waals surface area contributed by atoms with Gasteiger partial charge in [-0.25, -0.2) is 0 Å². The lowest BCUT2D eigenvalue weighted by atomic mass is 10.2. The summed E-state index contributed by atoms with van der Waals surface area (Å²) in [5.74, 6) is 0.726. The maximum absolute atomic E-state index is 6.21. The molecule has 3 aromatic rings. The predicted octanol–water partition coefficient (Wildman–Crippen LogP) is 2.76. The summed E-state index contributed by atoms with van der Waals surface area (Å²) in [7, 11) is 0. The molecule has 0 aliphatic carbocycles. The Morgan fingerprint density at radius 2 is 1.88 bits per heavy atom. The summed E-state index contributed by atoms with van der Waals surface area (Å²) in [6.07, 6.45) is 0. The van der Waals surface area contributed by atoms with Crippen LogP contribution in [0.2, 0.25) is 5.02 Å². The second-order valence-corrected chi connectivity index (χ2v) is 6.39. The molecule has 7 nitrogen and oxygen atoms in total. The molecular formula is C18H19ClN6O. The Hall–Kier alpha value is -2.64. The summed E-state index contributed by atoms with van der Waals surface area (Å²) in [5.41, 5.74) is 2.99. The van der Waals surface area contributed by atoms with E-state index in [2.05, 4.69) is 25.7 Å². The molecule has 1 N–H and O–H groups in total. The van der Waals surface area contributed by atoms with Crippen LogP contribution in [0.3, 0.4) is 0 Å². The molecule has 26 heavy (non-hydrogen) atoms. The van der Waals surface area contributed by atoms with E-state index >= 15 is 0 Å². The minimum Gasteiger partial charge on any atom is -0.378 e. The molecule has 2 heterocycles. The highest BCUT2D eigenvalue weighted by Gasteiger charge is 2.16. The molecule has 0 saturated carbocycles. The number of para-hydroxylation sites is 1. The highest BCUT2D eigenvalue weighted by atomic mass is 35.5. The summed E-state index contributed by atoms with van der Waals surface area (Å²) >= 11 is 6.21. The molecule has 0 unspecified atom stereocenters. The van der Waals surface area contributed by atoms with Crippen LogP contribution < -0.4 is 10.2 Å². The molecule has 1 aliphatic rings. The van der Waals surface area contributed by atoms with E-state index in [1.807, 2.05) is 48.5 Å². The molecule has 1 fully saturated rings. The second-order valence-electron chi connectivity index (χ2n) is 5.96. The number of benzene rings is 2. The number of anilines is 2. The maximum Gasteiger partial charge on any atom is 0.175 e. The third-order valence-electron chi connectivity index (χ3n) is 4.28. The van der Waals surface area contributed by atoms with Crippen LogP contribution in [0, 0.1) is 0 Å². The van der Waals surface area contributed by atoms with Gasteiger partial charge < -0.3 is 15.0 Å². The van der Waals surface area contributed by atoms with Gasteiger partial charge in [-0.15, -0.1) is 5.10 Å². The SMILES string of the molecule is Clc1ccc(N2CCOCC2)c(NCc2nnnn2-c2ccccc2)c1. The van der Waals surface area contributed by atoms with Gasteiger partial charge in [0.1, 0.15) is 0 Å². The van der Waals surface area contributed by atoms with Crippen LogP contribution in [0.15, 0.2) is 48.5 Å². The Morgan fingerprint density at radius 1 is 1.08 bits per heavy atom. The first-order chi connectivity index (χ1) is 12.8. The first kappa shape index (κ1) is 16.8. The molecule has 2 aromatic carbocycles. The van der Waals surface area contributed by atoms with Crippen LogP contribution in [-0.2, 0) is 11.3 Å². The highest BCUT2D eigenvalue weighted by molar-refractivity contribution is 6.31. The molecule has 134 valence electrons. The lowest BCUT2D eigenvalue weighted by molar-refractivity contribution is 0.123. The fourth-order valence-corrected chi connectivity index (χ4v) is 3.16. The lowest BCUT2D eigenvalue weighted by Crippen LogP contribution is -2.36. The van der Waals surface area contributed by atoms with Crippen LogP contribution in [0.25, 0.3) is 5.69 Å². The molecule has 0 atom stereocenters. The molecule has 0 bridgehead atoms. The smallest absolute Gasteiger partial charge is 0.175 e. The van der Waals surface area contributed by atoms with Crippen molar-refractivity contribution in [3.63, 3.8) is 0 Å². The van der Waals surface area contributed by atoms with E-state index in [1.54, 1.807) is 4.68 Å². The maximum atomic E-state index is 6.21. The Kier molecular flexibility index (Phi) is 4.99. The Morgan fingerprint density at radius 3 is 2.69 bits per heavy atom. The van der Waals surface area contributed by atoms with Crippen molar-refractivity contribution >= 4 is 23.0 Å². The van der Waals surface area contributed by atoms with Gasteiger partial charge in [-0.3, -0.25) is 0 Å². The molecule has 0 radical (unpaired) electrons. The first-order valence-corrected chi connectivity index (χ1v) is 8.88. The Labute approximate surface area is 156 Å². The summed E-state index contributed by atoms with van der Waals surface area (Å²) in [5, 5.41) is 16.2. The van der Waals surface area contributed by atoms with Gasteiger partial charge in [0.15, 0.2) is 5.82 Å². The van der Waals surface area contributed by atoms with Crippen molar-refractivity contribution < 1.29 is 4.74 Å². The number of tetrazole rings is 1. The second kappa shape index (κ2) is 7.72. The van der Waals surface area contributed by atoms with Crippen molar-refractivity contribution in [1.29, 1.82) is 0 Å². The van der Waals surface area contributed by atoms with Gasteiger partial charge in [0.05, 0.1) is 36.8 Å². The number of aromatic nitrogens is 4. The zero-order valence-corrected chi connectivity index (χ0v) is 14.9. The van der Waals surface area contributed by atoms with Gasteiger partial charge in [-0.05, 0) is 40.8 Å². The fourth-order valence-electron chi connectivity index (χ4n) is 2.99. The molecule has 1 aromatic heterocycles.